The van der Waals surface area contributed by atoms with Crippen molar-refractivity contribution in [1.82, 2.24) is 4.98 Å². The maximum absolute atomic E-state index is 11.4. The van der Waals surface area contributed by atoms with Crippen molar-refractivity contribution in [2.75, 3.05) is 7.11 Å². The number of rotatable bonds is 5. The molecule has 1 aromatic heterocycles. The molecule has 7 heteroatoms. The Kier molecular flexibility index (Phi) is 5.26. The number of hydrogen-bond acceptors (Lipinski definition) is 5. The second kappa shape index (κ2) is 7.59. The molecule has 1 aromatic carbocycles. The Labute approximate surface area is 154 Å². The Morgan fingerprint density at radius 3 is 2.64 bits per heavy atom. The molecule has 5 nitrogen and oxygen atoms in total. The zero-order chi connectivity index (χ0) is 17.8. The quantitative estimate of drug-likeness (QED) is 0.728. The van der Waals surface area contributed by atoms with Crippen molar-refractivity contribution in [2.24, 2.45) is 0 Å². The Hall–Kier alpha value is -2.50. The van der Waals surface area contributed by atoms with Gasteiger partial charge in [-0.05, 0) is 35.9 Å². The summed E-state index contributed by atoms with van der Waals surface area (Å²) in [6.45, 7) is 0.319. The maximum Gasteiger partial charge on any atom is 0.356 e. The molecule has 0 N–H and O–H groups in total. The normalized spacial score (nSPS) is 15.5. The molecule has 0 atom stereocenters. The Morgan fingerprint density at radius 1 is 1.16 bits per heavy atom. The fourth-order valence-electron chi connectivity index (χ4n) is 2.16. The molecular formula is C18H13Cl2NO4. The zero-order valence-electron chi connectivity index (χ0n) is 13.2. The molecule has 128 valence electrons. The molecule has 0 spiro atoms. The van der Waals surface area contributed by atoms with Gasteiger partial charge in [-0.2, -0.15) is 0 Å². The van der Waals surface area contributed by atoms with E-state index in [1.807, 2.05) is 18.2 Å². The standard InChI is InChI=1S/C18H13Cl2NO4/c1-23-14-8-11(9-15-16(19)17(20)18(22)25-15)5-6-13(14)24-10-12-4-2-3-7-21-12/h2-9H,10H2,1H3/b15-9-. The van der Waals surface area contributed by atoms with E-state index in [2.05, 4.69) is 4.98 Å². The predicted octanol–water partition coefficient (Wildman–Crippen LogP) is 4.26. The number of methoxy groups -OCH3 is 1. The van der Waals surface area contributed by atoms with Crippen LogP contribution in [0, 0.1) is 0 Å². The van der Waals surface area contributed by atoms with Crippen LogP contribution in [0.3, 0.4) is 0 Å². The van der Waals surface area contributed by atoms with Gasteiger partial charge in [0.2, 0.25) is 0 Å². The van der Waals surface area contributed by atoms with E-state index in [0.29, 0.717) is 23.7 Å². The lowest BCUT2D eigenvalue weighted by Crippen LogP contribution is -1.99. The molecule has 25 heavy (non-hydrogen) atoms. The van der Waals surface area contributed by atoms with Crippen molar-refractivity contribution in [3.8, 4) is 11.5 Å². The van der Waals surface area contributed by atoms with Crippen LogP contribution in [0.15, 0.2) is 58.4 Å². The number of benzene rings is 1. The molecule has 0 saturated carbocycles. The van der Waals surface area contributed by atoms with Gasteiger partial charge in [0.25, 0.3) is 0 Å². The van der Waals surface area contributed by atoms with Crippen molar-refractivity contribution in [2.45, 2.75) is 6.61 Å². The number of halogens is 2. The van der Waals surface area contributed by atoms with E-state index in [-0.39, 0.29) is 15.8 Å². The van der Waals surface area contributed by atoms with Crippen molar-refractivity contribution in [3.63, 3.8) is 0 Å². The first-order chi connectivity index (χ1) is 12.1. The van der Waals surface area contributed by atoms with E-state index in [1.165, 1.54) is 0 Å². The van der Waals surface area contributed by atoms with Gasteiger partial charge < -0.3 is 14.2 Å². The van der Waals surface area contributed by atoms with Crippen molar-refractivity contribution in [3.05, 3.63) is 69.7 Å². The average Bonchev–Trinajstić information content (AvgIpc) is 2.88. The first kappa shape index (κ1) is 17.3. The average molecular weight is 378 g/mol. The number of allylic oxidation sites excluding steroid dienone is 1. The summed E-state index contributed by atoms with van der Waals surface area (Å²) in [6, 6.07) is 10.9. The lowest BCUT2D eigenvalue weighted by Gasteiger charge is -2.11. The molecule has 0 radical (unpaired) electrons. The van der Waals surface area contributed by atoms with Gasteiger partial charge in [-0.15, -0.1) is 0 Å². The van der Waals surface area contributed by atoms with Crippen LogP contribution in [-0.2, 0) is 16.1 Å². The zero-order valence-corrected chi connectivity index (χ0v) is 14.7. The maximum atomic E-state index is 11.4. The van der Waals surface area contributed by atoms with E-state index in [1.54, 1.807) is 37.6 Å². The summed E-state index contributed by atoms with van der Waals surface area (Å²) < 4.78 is 16.1. The number of aromatic nitrogens is 1. The molecule has 0 aliphatic carbocycles. The smallest absolute Gasteiger partial charge is 0.356 e. The molecular weight excluding hydrogens is 365 g/mol. The van der Waals surface area contributed by atoms with Crippen LogP contribution in [0.4, 0.5) is 0 Å². The minimum absolute atomic E-state index is 0.0844. The molecule has 2 heterocycles. The van der Waals surface area contributed by atoms with Crippen LogP contribution >= 0.6 is 23.2 Å². The minimum atomic E-state index is -0.666. The predicted molar refractivity (Wildman–Crippen MR) is 94.4 cm³/mol. The van der Waals surface area contributed by atoms with E-state index in [4.69, 9.17) is 37.4 Å². The Morgan fingerprint density at radius 2 is 2.00 bits per heavy atom. The van der Waals surface area contributed by atoms with Crippen LogP contribution in [0.25, 0.3) is 6.08 Å². The number of esters is 1. The first-order valence-corrected chi connectivity index (χ1v) is 8.04. The van der Waals surface area contributed by atoms with E-state index in [0.717, 1.165) is 5.69 Å². The minimum Gasteiger partial charge on any atom is -0.493 e. The van der Waals surface area contributed by atoms with Gasteiger partial charge in [0.15, 0.2) is 17.3 Å². The van der Waals surface area contributed by atoms with Crippen LogP contribution in [0.5, 0.6) is 11.5 Å². The third kappa shape index (κ3) is 3.95. The first-order valence-electron chi connectivity index (χ1n) is 7.28. The molecule has 0 unspecified atom stereocenters. The molecule has 0 saturated heterocycles. The second-order valence-corrected chi connectivity index (χ2v) is 5.80. The number of carbonyl (C=O) groups excluding carboxylic acids is 1. The van der Waals surface area contributed by atoms with Gasteiger partial charge >= 0.3 is 5.97 Å². The van der Waals surface area contributed by atoms with E-state index in [9.17, 15) is 4.79 Å². The highest BCUT2D eigenvalue weighted by atomic mass is 35.5. The summed E-state index contributed by atoms with van der Waals surface area (Å²) in [5.41, 5.74) is 1.52. The largest absolute Gasteiger partial charge is 0.493 e. The molecule has 1 aliphatic rings. The van der Waals surface area contributed by atoms with E-state index >= 15 is 0 Å². The second-order valence-electron chi connectivity index (χ2n) is 5.05. The van der Waals surface area contributed by atoms with E-state index < -0.39 is 5.97 Å². The van der Waals surface area contributed by atoms with Crippen molar-refractivity contribution >= 4 is 35.2 Å². The van der Waals surface area contributed by atoms with Crippen molar-refractivity contribution < 1.29 is 19.0 Å². The highest BCUT2D eigenvalue weighted by Crippen LogP contribution is 2.35. The molecule has 0 amide bonds. The molecule has 3 rings (SSSR count). The lowest BCUT2D eigenvalue weighted by molar-refractivity contribution is -0.132. The number of pyridine rings is 1. The number of ether oxygens (including phenoxy) is 3. The Balaban J connectivity index is 1.79. The monoisotopic (exact) mass is 377 g/mol. The number of nitrogens with zero attached hydrogens (tertiary/aromatic N) is 1. The van der Waals surface area contributed by atoms with Gasteiger partial charge in [-0.25, -0.2) is 4.79 Å². The summed E-state index contributed by atoms with van der Waals surface area (Å²) in [7, 11) is 1.54. The van der Waals surface area contributed by atoms with Crippen LogP contribution in [-0.4, -0.2) is 18.1 Å². The molecule has 0 bridgehead atoms. The molecule has 1 aliphatic heterocycles. The van der Waals surface area contributed by atoms with Gasteiger partial charge in [0.05, 0.1) is 12.8 Å². The van der Waals surface area contributed by atoms with Crippen molar-refractivity contribution in [1.29, 1.82) is 0 Å². The van der Waals surface area contributed by atoms with Gasteiger partial charge in [-0.1, -0.05) is 35.3 Å². The highest BCUT2D eigenvalue weighted by Gasteiger charge is 2.27. The summed E-state index contributed by atoms with van der Waals surface area (Å²) in [6.07, 6.45) is 3.30. The fraction of sp³-hybridized carbons (Fsp3) is 0.111. The fourth-order valence-corrected chi connectivity index (χ4v) is 2.46. The SMILES string of the molecule is COc1cc(/C=C2\OC(=O)C(Cl)=C2Cl)ccc1OCc1ccccn1. The van der Waals surface area contributed by atoms with Gasteiger partial charge in [0.1, 0.15) is 16.7 Å². The lowest BCUT2D eigenvalue weighted by atomic mass is 10.1. The third-order valence-corrected chi connectivity index (χ3v) is 4.19. The van der Waals surface area contributed by atoms with Gasteiger partial charge in [-0.3, -0.25) is 4.98 Å². The topological polar surface area (TPSA) is 57.7 Å². The van der Waals surface area contributed by atoms with Gasteiger partial charge in [0, 0.05) is 6.20 Å². The summed E-state index contributed by atoms with van der Waals surface area (Å²) >= 11 is 11.7. The molecule has 2 aromatic rings. The number of carbonyl (C=O) groups is 1. The third-order valence-electron chi connectivity index (χ3n) is 3.38. The molecule has 0 fully saturated rings. The summed E-state index contributed by atoms with van der Waals surface area (Å²) in [5.74, 6) is 0.625. The number of hydrogen-bond donors (Lipinski definition) is 0. The summed E-state index contributed by atoms with van der Waals surface area (Å²) in [5, 5.41) is -0.0451. The van der Waals surface area contributed by atoms with Crippen LogP contribution in [0.1, 0.15) is 11.3 Å². The Bertz CT molecular complexity index is 863. The number of cyclic esters (lactones) is 1. The summed E-state index contributed by atoms with van der Waals surface area (Å²) in [4.78, 5) is 15.6. The van der Waals surface area contributed by atoms with Crippen LogP contribution < -0.4 is 9.47 Å². The highest BCUT2D eigenvalue weighted by molar-refractivity contribution is 6.50. The van der Waals surface area contributed by atoms with Crippen LogP contribution in [0.2, 0.25) is 0 Å².